The second-order valence-corrected chi connectivity index (χ2v) is 8.53. The zero-order valence-electron chi connectivity index (χ0n) is 6.93. The fourth-order valence-corrected chi connectivity index (χ4v) is 3.21. The molecular weight excluding hydrogens is 136 g/mol. The predicted molar refractivity (Wildman–Crippen MR) is 49.8 cm³/mol. The molecule has 0 atom stereocenters. The maximum Gasteiger partial charge on any atom is 0.0746 e. The van der Waals surface area contributed by atoms with Crippen LogP contribution in [0.5, 0.6) is 0 Å². The van der Waals surface area contributed by atoms with Gasteiger partial charge in [-0.05, 0) is 18.4 Å². The summed E-state index contributed by atoms with van der Waals surface area (Å²) in [6.07, 6.45) is 7.21. The standard InChI is InChI=1S/C9H16Si/c1-4-10(2,3)9-7-5-6-8-9/h4-6,9H,1,7-8H2,2-3H3. The second-order valence-electron chi connectivity index (χ2n) is 3.67. The SMILES string of the molecule is C=C[Si](C)(C)C1CC=CC1. The van der Waals surface area contributed by atoms with Crippen molar-refractivity contribution >= 4 is 8.07 Å². The first kappa shape index (κ1) is 7.80. The highest BCUT2D eigenvalue weighted by molar-refractivity contribution is 6.83. The van der Waals surface area contributed by atoms with E-state index in [9.17, 15) is 0 Å². The minimum Gasteiger partial charge on any atom is -0.107 e. The van der Waals surface area contributed by atoms with E-state index in [2.05, 4.69) is 37.5 Å². The van der Waals surface area contributed by atoms with Gasteiger partial charge in [-0.15, -0.1) is 12.3 Å². The van der Waals surface area contributed by atoms with Gasteiger partial charge in [0.2, 0.25) is 0 Å². The monoisotopic (exact) mass is 152 g/mol. The van der Waals surface area contributed by atoms with E-state index in [-0.39, 0.29) is 0 Å². The fraction of sp³-hybridized carbons (Fsp3) is 0.556. The van der Waals surface area contributed by atoms with Gasteiger partial charge in [0.1, 0.15) is 0 Å². The Bertz CT molecular complexity index is 148. The van der Waals surface area contributed by atoms with Crippen LogP contribution < -0.4 is 0 Å². The zero-order chi connectivity index (χ0) is 7.61. The lowest BCUT2D eigenvalue weighted by Gasteiger charge is -2.24. The van der Waals surface area contributed by atoms with Crippen LogP contribution in [0.1, 0.15) is 12.8 Å². The van der Waals surface area contributed by atoms with Gasteiger partial charge in [-0.3, -0.25) is 0 Å². The molecule has 0 aromatic rings. The van der Waals surface area contributed by atoms with Gasteiger partial charge in [-0.25, -0.2) is 0 Å². The molecular formula is C9H16Si. The van der Waals surface area contributed by atoms with Crippen molar-refractivity contribution in [3.63, 3.8) is 0 Å². The Kier molecular flexibility index (Phi) is 2.14. The summed E-state index contributed by atoms with van der Waals surface area (Å²) in [5.74, 6) is 0. The Labute approximate surface area is 64.7 Å². The van der Waals surface area contributed by atoms with Gasteiger partial charge in [0, 0.05) is 0 Å². The minimum atomic E-state index is -1.04. The van der Waals surface area contributed by atoms with Crippen molar-refractivity contribution in [3.8, 4) is 0 Å². The molecule has 0 unspecified atom stereocenters. The lowest BCUT2D eigenvalue weighted by atomic mass is 10.3. The van der Waals surface area contributed by atoms with Crippen molar-refractivity contribution in [1.82, 2.24) is 0 Å². The maximum absolute atomic E-state index is 3.91. The van der Waals surface area contributed by atoms with Crippen LogP contribution >= 0.6 is 0 Å². The van der Waals surface area contributed by atoms with E-state index in [4.69, 9.17) is 0 Å². The lowest BCUT2D eigenvalue weighted by molar-refractivity contribution is 0.883. The molecule has 0 fully saturated rings. The molecule has 10 heavy (non-hydrogen) atoms. The van der Waals surface area contributed by atoms with Gasteiger partial charge >= 0.3 is 0 Å². The van der Waals surface area contributed by atoms with Gasteiger partial charge in [-0.1, -0.05) is 25.2 Å². The van der Waals surface area contributed by atoms with Crippen LogP contribution in [0.3, 0.4) is 0 Å². The first-order valence-electron chi connectivity index (χ1n) is 3.95. The summed E-state index contributed by atoms with van der Waals surface area (Å²) in [5.41, 5.74) is 3.15. The van der Waals surface area contributed by atoms with Crippen LogP contribution in [0.2, 0.25) is 18.6 Å². The average molecular weight is 152 g/mol. The van der Waals surface area contributed by atoms with E-state index in [0.29, 0.717) is 0 Å². The summed E-state index contributed by atoms with van der Waals surface area (Å²) in [5, 5.41) is 0. The maximum atomic E-state index is 3.91. The Balaban J connectivity index is 2.56. The fourth-order valence-electron chi connectivity index (χ4n) is 1.39. The van der Waals surface area contributed by atoms with Crippen LogP contribution in [0.4, 0.5) is 0 Å². The minimum absolute atomic E-state index is 0.935. The average Bonchev–Trinajstić information content (AvgIpc) is 2.38. The van der Waals surface area contributed by atoms with E-state index >= 15 is 0 Å². The van der Waals surface area contributed by atoms with E-state index < -0.39 is 8.07 Å². The summed E-state index contributed by atoms with van der Waals surface area (Å²) in [7, 11) is -1.04. The second kappa shape index (κ2) is 2.75. The van der Waals surface area contributed by atoms with Gasteiger partial charge in [0.15, 0.2) is 0 Å². The first-order chi connectivity index (χ1) is 4.67. The number of hydrogen-bond donors (Lipinski definition) is 0. The molecule has 1 aliphatic carbocycles. The van der Waals surface area contributed by atoms with Gasteiger partial charge in [0.05, 0.1) is 8.07 Å². The normalized spacial score (nSPS) is 19.8. The highest BCUT2D eigenvalue weighted by atomic mass is 28.3. The quantitative estimate of drug-likeness (QED) is 0.421. The van der Waals surface area contributed by atoms with Crippen molar-refractivity contribution in [3.05, 3.63) is 24.4 Å². The van der Waals surface area contributed by atoms with Crippen molar-refractivity contribution < 1.29 is 0 Å². The summed E-state index contributed by atoms with van der Waals surface area (Å²) in [6.45, 7) is 8.71. The van der Waals surface area contributed by atoms with Gasteiger partial charge in [0.25, 0.3) is 0 Å². The third kappa shape index (κ3) is 1.40. The number of hydrogen-bond acceptors (Lipinski definition) is 0. The molecule has 0 heterocycles. The molecule has 1 heteroatoms. The van der Waals surface area contributed by atoms with Crippen LogP contribution in [0.25, 0.3) is 0 Å². The van der Waals surface area contributed by atoms with Gasteiger partial charge in [-0.2, -0.15) is 0 Å². The molecule has 0 aromatic carbocycles. The highest BCUT2D eigenvalue weighted by Crippen LogP contribution is 2.34. The summed E-state index contributed by atoms with van der Waals surface area (Å²) < 4.78 is 0. The topological polar surface area (TPSA) is 0 Å². The molecule has 0 N–H and O–H groups in total. The molecule has 1 rings (SSSR count). The Hall–Kier alpha value is -0.303. The molecule has 0 nitrogen and oxygen atoms in total. The number of rotatable bonds is 2. The molecule has 0 aliphatic heterocycles. The molecule has 0 spiro atoms. The van der Waals surface area contributed by atoms with Gasteiger partial charge < -0.3 is 0 Å². The Morgan fingerprint density at radius 2 is 1.90 bits per heavy atom. The van der Waals surface area contributed by atoms with Crippen LogP contribution in [-0.2, 0) is 0 Å². The molecule has 0 saturated carbocycles. The van der Waals surface area contributed by atoms with Crippen LogP contribution in [-0.4, -0.2) is 8.07 Å². The molecule has 0 saturated heterocycles. The third-order valence-electron chi connectivity index (χ3n) is 2.59. The van der Waals surface area contributed by atoms with E-state index in [1.54, 1.807) is 0 Å². The molecule has 56 valence electrons. The van der Waals surface area contributed by atoms with Crippen molar-refractivity contribution in [2.75, 3.05) is 0 Å². The van der Waals surface area contributed by atoms with Crippen molar-refractivity contribution in [2.45, 2.75) is 31.5 Å². The zero-order valence-corrected chi connectivity index (χ0v) is 7.93. The molecule has 1 aliphatic rings. The van der Waals surface area contributed by atoms with Crippen LogP contribution in [0.15, 0.2) is 24.4 Å². The lowest BCUT2D eigenvalue weighted by Crippen LogP contribution is -2.28. The molecule has 0 aromatic heterocycles. The summed E-state index contributed by atoms with van der Waals surface area (Å²) in [4.78, 5) is 0. The first-order valence-corrected chi connectivity index (χ1v) is 7.11. The summed E-state index contributed by atoms with van der Waals surface area (Å²) >= 11 is 0. The molecule has 0 amide bonds. The van der Waals surface area contributed by atoms with Crippen molar-refractivity contribution in [2.24, 2.45) is 0 Å². The predicted octanol–water partition coefficient (Wildman–Crippen LogP) is 3.14. The Morgan fingerprint density at radius 1 is 1.40 bits per heavy atom. The molecule has 0 bridgehead atoms. The van der Waals surface area contributed by atoms with E-state index in [1.165, 1.54) is 12.8 Å². The summed E-state index contributed by atoms with van der Waals surface area (Å²) in [6, 6.07) is 0. The van der Waals surface area contributed by atoms with Crippen molar-refractivity contribution in [1.29, 1.82) is 0 Å². The molecule has 0 radical (unpaired) electrons. The van der Waals surface area contributed by atoms with E-state index in [0.717, 1.165) is 5.54 Å². The van der Waals surface area contributed by atoms with Crippen LogP contribution in [0, 0.1) is 0 Å². The Morgan fingerprint density at radius 3 is 2.30 bits per heavy atom. The number of allylic oxidation sites excluding steroid dienone is 2. The largest absolute Gasteiger partial charge is 0.107 e. The van der Waals surface area contributed by atoms with E-state index in [1.807, 2.05) is 0 Å². The third-order valence-corrected chi connectivity index (χ3v) is 6.21. The highest BCUT2D eigenvalue weighted by Gasteiger charge is 2.28. The smallest absolute Gasteiger partial charge is 0.0746 e.